The second kappa shape index (κ2) is 4.45. The highest BCUT2D eigenvalue weighted by Gasteiger charge is 2.03. The van der Waals surface area contributed by atoms with Crippen molar-refractivity contribution in [3.8, 4) is 11.1 Å². The van der Waals surface area contributed by atoms with Gasteiger partial charge in [-0.15, -0.1) is 11.6 Å². The van der Waals surface area contributed by atoms with Gasteiger partial charge in [-0.2, -0.15) is 0 Å². The normalized spacial score (nSPS) is 10.3. The van der Waals surface area contributed by atoms with E-state index in [4.69, 9.17) is 11.6 Å². The Kier molecular flexibility index (Phi) is 3.02. The first-order valence-corrected chi connectivity index (χ1v) is 5.24. The molecule has 0 amide bonds. The fourth-order valence-electron chi connectivity index (χ4n) is 1.49. The maximum atomic E-state index is 13.2. The molecule has 0 radical (unpaired) electrons. The number of benzene rings is 2. The Morgan fingerprint density at radius 1 is 0.933 bits per heavy atom. The minimum absolute atomic E-state index is 0.201. The quantitative estimate of drug-likeness (QED) is 0.665. The monoisotopic (exact) mass is 220 g/mol. The molecule has 0 aromatic heterocycles. The van der Waals surface area contributed by atoms with Crippen molar-refractivity contribution in [2.45, 2.75) is 5.88 Å². The van der Waals surface area contributed by atoms with E-state index in [1.807, 2.05) is 30.3 Å². The second-order valence-corrected chi connectivity index (χ2v) is 3.57. The van der Waals surface area contributed by atoms with E-state index in [1.54, 1.807) is 12.1 Å². The first-order valence-electron chi connectivity index (χ1n) is 4.71. The van der Waals surface area contributed by atoms with Gasteiger partial charge in [0.15, 0.2) is 0 Å². The zero-order valence-electron chi connectivity index (χ0n) is 8.08. The van der Waals surface area contributed by atoms with Crippen molar-refractivity contribution in [1.82, 2.24) is 0 Å². The summed E-state index contributed by atoms with van der Waals surface area (Å²) in [6.45, 7) is 0. The Bertz CT molecular complexity index is 451. The number of alkyl halides is 1. The molecule has 2 heteroatoms. The lowest BCUT2D eigenvalue weighted by atomic mass is 10.0. The number of rotatable bonds is 2. The average molecular weight is 221 g/mol. The van der Waals surface area contributed by atoms with Crippen LogP contribution in [0.25, 0.3) is 11.1 Å². The first-order chi connectivity index (χ1) is 7.31. The summed E-state index contributed by atoms with van der Waals surface area (Å²) in [4.78, 5) is 0. The molecule has 0 saturated heterocycles. The topological polar surface area (TPSA) is 0 Å². The molecular formula is C13H10ClF. The number of hydrogen-bond acceptors (Lipinski definition) is 0. The molecule has 2 aromatic carbocycles. The molecule has 0 aliphatic rings. The Hall–Kier alpha value is -1.34. The maximum Gasteiger partial charge on any atom is 0.127 e. The average Bonchev–Trinajstić information content (AvgIpc) is 2.31. The molecule has 0 heterocycles. The van der Waals surface area contributed by atoms with Crippen molar-refractivity contribution in [1.29, 1.82) is 0 Å². The molecule has 0 saturated carbocycles. The van der Waals surface area contributed by atoms with Gasteiger partial charge in [-0.05, 0) is 23.3 Å². The standard InChI is InChI=1S/C13H10ClF/c14-9-12-8-11(6-7-13(12)15)10-4-2-1-3-5-10/h1-8H,9H2. The van der Waals surface area contributed by atoms with Crippen LogP contribution in [0.5, 0.6) is 0 Å². The van der Waals surface area contributed by atoms with E-state index in [0.717, 1.165) is 11.1 Å². The fourth-order valence-corrected chi connectivity index (χ4v) is 1.69. The zero-order chi connectivity index (χ0) is 10.7. The zero-order valence-corrected chi connectivity index (χ0v) is 8.84. The van der Waals surface area contributed by atoms with E-state index in [1.165, 1.54) is 6.07 Å². The SMILES string of the molecule is Fc1ccc(-c2ccccc2)cc1CCl. The van der Waals surface area contributed by atoms with Crippen LogP contribution in [0.1, 0.15) is 5.56 Å². The summed E-state index contributed by atoms with van der Waals surface area (Å²) >= 11 is 5.65. The predicted molar refractivity (Wildman–Crippen MR) is 61.4 cm³/mol. The third-order valence-electron chi connectivity index (χ3n) is 2.30. The molecule has 0 nitrogen and oxygen atoms in total. The molecule has 0 unspecified atom stereocenters. The minimum Gasteiger partial charge on any atom is -0.207 e. The highest BCUT2D eigenvalue weighted by Crippen LogP contribution is 2.22. The Balaban J connectivity index is 2.46. The van der Waals surface area contributed by atoms with Crippen LogP contribution in [0.2, 0.25) is 0 Å². The highest BCUT2D eigenvalue weighted by atomic mass is 35.5. The molecule has 2 rings (SSSR count). The molecular weight excluding hydrogens is 211 g/mol. The predicted octanol–water partition coefficient (Wildman–Crippen LogP) is 4.23. The van der Waals surface area contributed by atoms with Gasteiger partial charge in [0.05, 0.1) is 5.88 Å². The molecule has 76 valence electrons. The van der Waals surface area contributed by atoms with Gasteiger partial charge >= 0.3 is 0 Å². The van der Waals surface area contributed by atoms with Gasteiger partial charge in [0, 0.05) is 5.56 Å². The van der Waals surface area contributed by atoms with Crippen molar-refractivity contribution >= 4 is 11.6 Å². The van der Waals surface area contributed by atoms with Crippen LogP contribution in [0.3, 0.4) is 0 Å². The molecule has 0 spiro atoms. The van der Waals surface area contributed by atoms with Gasteiger partial charge in [0.1, 0.15) is 5.82 Å². The smallest absolute Gasteiger partial charge is 0.127 e. The third kappa shape index (κ3) is 2.18. The van der Waals surface area contributed by atoms with Crippen LogP contribution in [0, 0.1) is 5.82 Å². The van der Waals surface area contributed by atoms with Gasteiger partial charge in [-0.1, -0.05) is 36.4 Å². The van der Waals surface area contributed by atoms with E-state index in [9.17, 15) is 4.39 Å². The molecule has 0 N–H and O–H groups in total. The molecule has 2 aromatic rings. The van der Waals surface area contributed by atoms with Crippen molar-refractivity contribution in [3.63, 3.8) is 0 Å². The largest absolute Gasteiger partial charge is 0.207 e. The van der Waals surface area contributed by atoms with Crippen LogP contribution < -0.4 is 0 Å². The summed E-state index contributed by atoms with van der Waals surface area (Å²) in [5.74, 6) is -0.0448. The summed E-state index contributed by atoms with van der Waals surface area (Å²) in [6.07, 6.45) is 0. The van der Waals surface area contributed by atoms with Gasteiger partial charge in [0.2, 0.25) is 0 Å². The van der Waals surface area contributed by atoms with E-state index in [0.29, 0.717) is 5.56 Å². The Morgan fingerprint density at radius 3 is 2.33 bits per heavy atom. The van der Waals surface area contributed by atoms with E-state index < -0.39 is 0 Å². The summed E-state index contributed by atoms with van der Waals surface area (Å²) < 4.78 is 13.2. The van der Waals surface area contributed by atoms with Crippen LogP contribution >= 0.6 is 11.6 Å². The Morgan fingerprint density at radius 2 is 1.67 bits per heavy atom. The van der Waals surface area contributed by atoms with E-state index in [2.05, 4.69) is 0 Å². The van der Waals surface area contributed by atoms with Crippen molar-refractivity contribution in [2.75, 3.05) is 0 Å². The number of halogens is 2. The van der Waals surface area contributed by atoms with Crippen molar-refractivity contribution < 1.29 is 4.39 Å². The second-order valence-electron chi connectivity index (χ2n) is 3.31. The lowest BCUT2D eigenvalue weighted by molar-refractivity contribution is 0.617. The molecule has 0 aliphatic heterocycles. The van der Waals surface area contributed by atoms with Gasteiger partial charge < -0.3 is 0 Å². The maximum absolute atomic E-state index is 13.2. The highest BCUT2D eigenvalue weighted by molar-refractivity contribution is 6.17. The molecule has 15 heavy (non-hydrogen) atoms. The molecule has 0 bridgehead atoms. The summed E-state index contributed by atoms with van der Waals surface area (Å²) in [5.41, 5.74) is 2.61. The van der Waals surface area contributed by atoms with Gasteiger partial charge in [-0.3, -0.25) is 0 Å². The van der Waals surface area contributed by atoms with Gasteiger partial charge in [-0.25, -0.2) is 4.39 Å². The lowest BCUT2D eigenvalue weighted by Crippen LogP contribution is -1.87. The third-order valence-corrected chi connectivity index (χ3v) is 2.58. The lowest BCUT2D eigenvalue weighted by Gasteiger charge is -2.04. The van der Waals surface area contributed by atoms with Crippen molar-refractivity contribution in [2.24, 2.45) is 0 Å². The Labute approximate surface area is 93.3 Å². The fraction of sp³-hybridized carbons (Fsp3) is 0.0769. The van der Waals surface area contributed by atoms with Gasteiger partial charge in [0.25, 0.3) is 0 Å². The van der Waals surface area contributed by atoms with Crippen LogP contribution in [0.4, 0.5) is 4.39 Å². The first kappa shape index (κ1) is 10.2. The summed E-state index contributed by atoms with van der Waals surface area (Å²) in [7, 11) is 0. The summed E-state index contributed by atoms with van der Waals surface area (Å²) in [5, 5.41) is 0. The molecule has 0 fully saturated rings. The van der Waals surface area contributed by atoms with Crippen LogP contribution in [-0.4, -0.2) is 0 Å². The summed E-state index contributed by atoms with van der Waals surface area (Å²) in [6, 6.07) is 14.9. The van der Waals surface area contributed by atoms with Crippen LogP contribution in [0.15, 0.2) is 48.5 Å². The molecule has 0 atom stereocenters. The molecule has 0 aliphatic carbocycles. The number of hydrogen-bond donors (Lipinski definition) is 0. The van der Waals surface area contributed by atoms with Crippen LogP contribution in [-0.2, 0) is 5.88 Å². The minimum atomic E-state index is -0.246. The van der Waals surface area contributed by atoms with Crippen molar-refractivity contribution in [3.05, 3.63) is 59.9 Å². The van der Waals surface area contributed by atoms with E-state index >= 15 is 0 Å². The van der Waals surface area contributed by atoms with E-state index in [-0.39, 0.29) is 11.7 Å².